The normalized spacial score (nSPS) is 10.9. The zero-order valence-corrected chi connectivity index (χ0v) is 11.7. The van der Waals surface area contributed by atoms with Crippen molar-refractivity contribution in [2.75, 3.05) is 7.11 Å². The van der Waals surface area contributed by atoms with Crippen LogP contribution in [-0.2, 0) is 0 Å². The molecule has 0 saturated heterocycles. The van der Waals surface area contributed by atoms with Gasteiger partial charge in [0, 0.05) is 23.4 Å². The Labute approximate surface area is 110 Å². The molecule has 1 heterocycles. The Morgan fingerprint density at radius 1 is 1.35 bits per heavy atom. The average molecular weight is 295 g/mol. The van der Waals surface area contributed by atoms with E-state index < -0.39 is 0 Å². The van der Waals surface area contributed by atoms with Gasteiger partial charge >= 0.3 is 0 Å². The number of rotatable bonds is 3. The monoisotopic (exact) mass is 294 g/mol. The number of halogens is 1. The van der Waals surface area contributed by atoms with E-state index in [4.69, 9.17) is 4.74 Å². The maximum Gasteiger partial charge on any atom is 0.140 e. The highest BCUT2D eigenvalue weighted by Crippen LogP contribution is 2.36. The molecule has 90 valence electrons. The van der Waals surface area contributed by atoms with E-state index in [1.165, 1.54) is 0 Å². The van der Waals surface area contributed by atoms with E-state index in [2.05, 4.69) is 34.9 Å². The van der Waals surface area contributed by atoms with Gasteiger partial charge in [0.25, 0.3) is 0 Å². The molecule has 2 aromatic rings. The Bertz CT molecular complexity index is 520. The number of hydrogen-bond donors (Lipinski definition) is 0. The predicted molar refractivity (Wildman–Crippen MR) is 72.3 cm³/mol. The summed E-state index contributed by atoms with van der Waals surface area (Å²) in [4.78, 5) is 0. The summed E-state index contributed by atoms with van der Waals surface area (Å²) < 4.78 is 8.31. The zero-order valence-electron chi connectivity index (χ0n) is 10.1. The fraction of sp³-hybridized carbons (Fsp3) is 0.308. The van der Waals surface area contributed by atoms with Crippen molar-refractivity contribution in [3.8, 4) is 16.9 Å². The highest BCUT2D eigenvalue weighted by Gasteiger charge is 2.11. The third-order valence-electron chi connectivity index (χ3n) is 2.61. The minimum Gasteiger partial charge on any atom is -0.495 e. The van der Waals surface area contributed by atoms with Gasteiger partial charge in [0.2, 0.25) is 0 Å². The first kappa shape index (κ1) is 12.2. The first-order valence-corrected chi connectivity index (χ1v) is 6.30. The topological polar surface area (TPSA) is 27.1 Å². The summed E-state index contributed by atoms with van der Waals surface area (Å²) in [5.41, 5.74) is 2.12. The van der Waals surface area contributed by atoms with Crippen LogP contribution in [0.2, 0.25) is 0 Å². The third-order valence-corrected chi connectivity index (χ3v) is 3.24. The van der Waals surface area contributed by atoms with E-state index in [-0.39, 0.29) is 0 Å². The summed E-state index contributed by atoms with van der Waals surface area (Å²) in [6.45, 7) is 4.21. The quantitative estimate of drug-likeness (QED) is 0.858. The van der Waals surface area contributed by atoms with Crippen LogP contribution in [0.1, 0.15) is 19.9 Å². The molecule has 0 amide bonds. The van der Waals surface area contributed by atoms with Gasteiger partial charge in [-0.1, -0.05) is 12.1 Å². The smallest absolute Gasteiger partial charge is 0.140 e. The summed E-state index contributed by atoms with van der Waals surface area (Å²) in [6.07, 6.45) is 3.90. The molecule has 0 N–H and O–H groups in total. The SMILES string of the molecule is COc1c(Br)cccc1-c1cnn(C(C)C)c1. The Kier molecular flexibility index (Phi) is 3.52. The molecule has 0 unspecified atom stereocenters. The fourth-order valence-corrected chi connectivity index (χ4v) is 2.23. The molecule has 1 aromatic carbocycles. The molecule has 0 aliphatic heterocycles. The van der Waals surface area contributed by atoms with E-state index in [1.807, 2.05) is 35.3 Å². The molecular formula is C13H15BrN2O. The van der Waals surface area contributed by atoms with Crippen molar-refractivity contribution in [3.63, 3.8) is 0 Å². The molecule has 17 heavy (non-hydrogen) atoms. The van der Waals surface area contributed by atoms with Crippen molar-refractivity contribution in [1.82, 2.24) is 9.78 Å². The summed E-state index contributed by atoms with van der Waals surface area (Å²) >= 11 is 3.49. The summed E-state index contributed by atoms with van der Waals surface area (Å²) in [5, 5.41) is 4.34. The first-order chi connectivity index (χ1) is 8.13. The van der Waals surface area contributed by atoms with Crippen molar-refractivity contribution >= 4 is 15.9 Å². The Morgan fingerprint density at radius 3 is 2.71 bits per heavy atom. The second-order valence-corrected chi connectivity index (χ2v) is 4.98. The van der Waals surface area contributed by atoms with Crippen molar-refractivity contribution in [1.29, 1.82) is 0 Å². The second-order valence-electron chi connectivity index (χ2n) is 4.12. The van der Waals surface area contributed by atoms with E-state index >= 15 is 0 Å². The van der Waals surface area contributed by atoms with Crippen LogP contribution in [0.3, 0.4) is 0 Å². The van der Waals surface area contributed by atoms with Crippen LogP contribution in [0.25, 0.3) is 11.1 Å². The van der Waals surface area contributed by atoms with Crippen molar-refractivity contribution in [2.24, 2.45) is 0 Å². The first-order valence-electron chi connectivity index (χ1n) is 5.50. The lowest BCUT2D eigenvalue weighted by molar-refractivity contribution is 0.414. The Morgan fingerprint density at radius 2 is 2.12 bits per heavy atom. The van der Waals surface area contributed by atoms with Gasteiger partial charge in [0.1, 0.15) is 5.75 Å². The van der Waals surface area contributed by atoms with Crippen molar-refractivity contribution in [2.45, 2.75) is 19.9 Å². The molecule has 0 spiro atoms. The van der Waals surface area contributed by atoms with Gasteiger partial charge in [-0.3, -0.25) is 4.68 Å². The maximum absolute atomic E-state index is 5.42. The standard InChI is InChI=1S/C13H15BrN2O/c1-9(2)16-8-10(7-15-16)11-5-4-6-12(14)13(11)17-3/h4-9H,1-3H3. The van der Waals surface area contributed by atoms with Crippen LogP contribution in [0.15, 0.2) is 35.1 Å². The average Bonchev–Trinajstić information content (AvgIpc) is 2.77. The van der Waals surface area contributed by atoms with Gasteiger partial charge in [-0.2, -0.15) is 5.10 Å². The lowest BCUT2D eigenvalue weighted by atomic mass is 10.1. The van der Waals surface area contributed by atoms with E-state index in [9.17, 15) is 0 Å². The van der Waals surface area contributed by atoms with Gasteiger partial charge in [0.15, 0.2) is 0 Å². The van der Waals surface area contributed by atoms with E-state index in [1.54, 1.807) is 7.11 Å². The number of aromatic nitrogens is 2. The Hall–Kier alpha value is -1.29. The number of para-hydroxylation sites is 1. The van der Waals surface area contributed by atoms with E-state index in [0.717, 1.165) is 21.3 Å². The molecule has 4 heteroatoms. The minimum absolute atomic E-state index is 0.363. The van der Waals surface area contributed by atoms with Gasteiger partial charge < -0.3 is 4.74 Å². The third kappa shape index (κ3) is 2.36. The summed E-state index contributed by atoms with van der Waals surface area (Å²) in [5.74, 6) is 0.843. The predicted octanol–water partition coefficient (Wildman–Crippen LogP) is 3.90. The summed E-state index contributed by atoms with van der Waals surface area (Å²) in [7, 11) is 1.68. The molecule has 0 saturated carbocycles. The van der Waals surface area contributed by atoms with Crippen LogP contribution >= 0.6 is 15.9 Å². The molecule has 0 radical (unpaired) electrons. The van der Waals surface area contributed by atoms with E-state index in [0.29, 0.717) is 6.04 Å². The van der Waals surface area contributed by atoms with Gasteiger partial charge in [0.05, 0.1) is 17.8 Å². The van der Waals surface area contributed by atoms with Crippen LogP contribution in [0.5, 0.6) is 5.75 Å². The maximum atomic E-state index is 5.42. The van der Waals surface area contributed by atoms with Gasteiger partial charge in [-0.25, -0.2) is 0 Å². The lowest BCUT2D eigenvalue weighted by Crippen LogP contribution is -1.99. The molecule has 0 atom stereocenters. The number of ether oxygens (including phenoxy) is 1. The Balaban J connectivity index is 2.48. The van der Waals surface area contributed by atoms with Crippen molar-refractivity contribution in [3.05, 3.63) is 35.1 Å². The molecule has 0 fully saturated rings. The zero-order chi connectivity index (χ0) is 12.4. The number of benzene rings is 1. The molecule has 0 aliphatic rings. The number of hydrogen-bond acceptors (Lipinski definition) is 2. The molecule has 3 nitrogen and oxygen atoms in total. The molecule has 2 rings (SSSR count). The van der Waals surface area contributed by atoms with Crippen LogP contribution in [0.4, 0.5) is 0 Å². The molecule has 1 aromatic heterocycles. The number of methoxy groups -OCH3 is 1. The van der Waals surface area contributed by atoms with Gasteiger partial charge in [-0.05, 0) is 35.8 Å². The second kappa shape index (κ2) is 4.92. The molecule has 0 aliphatic carbocycles. The number of nitrogens with zero attached hydrogens (tertiary/aromatic N) is 2. The largest absolute Gasteiger partial charge is 0.495 e. The van der Waals surface area contributed by atoms with Crippen LogP contribution < -0.4 is 4.74 Å². The van der Waals surface area contributed by atoms with Crippen LogP contribution in [-0.4, -0.2) is 16.9 Å². The fourth-order valence-electron chi connectivity index (χ4n) is 1.70. The lowest BCUT2D eigenvalue weighted by Gasteiger charge is -2.08. The minimum atomic E-state index is 0.363. The molecular weight excluding hydrogens is 280 g/mol. The van der Waals surface area contributed by atoms with Crippen LogP contribution in [0, 0.1) is 0 Å². The van der Waals surface area contributed by atoms with Gasteiger partial charge in [-0.15, -0.1) is 0 Å². The highest BCUT2D eigenvalue weighted by molar-refractivity contribution is 9.10. The molecule has 0 bridgehead atoms. The highest BCUT2D eigenvalue weighted by atomic mass is 79.9. The van der Waals surface area contributed by atoms with Crippen molar-refractivity contribution < 1.29 is 4.74 Å². The summed E-state index contributed by atoms with van der Waals surface area (Å²) in [6, 6.07) is 6.36.